The maximum Gasteiger partial charge on any atom is 0.161 e. The number of hydrogen-bond acceptors (Lipinski definition) is 4. The second-order valence-electron chi connectivity index (χ2n) is 5.56. The van der Waals surface area contributed by atoms with E-state index in [1.165, 1.54) is 19.3 Å². The molecule has 4 heteroatoms. The van der Waals surface area contributed by atoms with E-state index < -0.39 is 0 Å². The first kappa shape index (κ1) is 15.1. The summed E-state index contributed by atoms with van der Waals surface area (Å²) in [5.74, 6) is 1.56. The molecular formula is C16H26N2O2. The zero-order valence-electron chi connectivity index (χ0n) is 12.8. The summed E-state index contributed by atoms with van der Waals surface area (Å²) in [5.41, 5.74) is 6.76. The molecule has 0 amide bonds. The summed E-state index contributed by atoms with van der Waals surface area (Å²) >= 11 is 0. The zero-order chi connectivity index (χ0) is 14.5. The summed E-state index contributed by atoms with van der Waals surface area (Å²) in [6.45, 7) is 3.80. The van der Waals surface area contributed by atoms with E-state index in [1.54, 1.807) is 7.11 Å². The van der Waals surface area contributed by atoms with Crippen molar-refractivity contribution in [3.63, 3.8) is 0 Å². The predicted molar refractivity (Wildman–Crippen MR) is 81.2 cm³/mol. The quantitative estimate of drug-likeness (QED) is 0.898. The predicted octanol–water partition coefficient (Wildman–Crippen LogP) is 2.41. The van der Waals surface area contributed by atoms with Crippen LogP contribution in [0.15, 0.2) is 18.2 Å². The van der Waals surface area contributed by atoms with Gasteiger partial charge < -0.3 is 15.2 Å². The average molecular weight is 278 g/mol. The highest BCUT2D eigenvalue weighted by Gasteiger charge is 2.26. The SMILES string of the molecule is COc1ccc(CN)cc1OC(C)C1CCCCN1C. The summed E-state index contributed by atoms with van der Waals surface area (Å²) in [6.07, 6.45) is 3.90. The molecule has 2 atom stereocenters. The molecule has 1 aromatic rings. The molecule has 0 radical (unpaired) electrons. The highest BCUT2D eigenvalue weighted by molar-refractivity contribution is 5.43. The Balaban J connectivity index is 2.11. The molecule has 1 saturated heterocycles. The van der Waals surface area contributed by atoms with E-state index in [-0.39, 0.29) is 6.10 Å². The van der Waals surface area contributed by atoms with Gasteiger partial charge in [-0.3, -0.25) is 4.90 Å². The molecule has 112 valence electrons. The van der Waals surface area contributed by atoms with Gasteiger partial charge in [-0.2, -0.15) is 0 Å². The number of hydrogen-bond donors (Lipinski definition) is 1. The fourth-order valence-corrected chi connectivity index (χ4v) is 2.91. The molecule has 1 aliphatic rings. The first-order chi connectivity index (χ1) is 9.65. The van der Waals surface area contributed by atoms with Crippen LogP contribution < -0.4 is 15.2 Å². The van der Waals surface area contributed by atoms with Crippen LogP contribution in [0.2, 0.25) is 0 Å². The molecule has 0 aromatic heterocycles. The van der Waals surface area contributed by atoms with Gasteiger partial charge in [0.05, 0.1) is 7.11 Å². The Labute approximate surface area is 121 Å². The summed E-state index contributed by atoms with van der Waals surface area (Å²) in [6, 6.07) is 6.35. The van der Waals surface area contributed by atoms with Gasteiger partial charge in [-0.25, -0.2) is 0 Å². The molecule has 1 fully saturated rings. The number of benzene rings is 1. The molecule has 2 rings (SSSR count). The van der Waals surface area contributed by atoms with Crippen LogP contribution in [-0.4, -0.2) is 37.7 Å². The van der Waals surface area contributed by atoms with E-state index in [0.29, 0.717) is 12.6 Å². The molecule has 4 nitrogen and oxygen atoms in total. The van der Waals surface area contributed by atoms with Gasteiger partial charge in [-0.05, 0) is 51.1 Å². The van der Waals surface area contributed by atoms with E-state index in [2.05, 4.69) is 18.9 Å². The van der Waals surface area contributed by atoms with Crippen molar-refractivity contribution in [3.05, 3.63) is 23.8 Å². The maximum atomic E-state index is 6.17. The minimum atomic E-state index is 0.141. The highest BCUT2D eigenvalue weighted by Crippen LogP contribution is 2.30. The summed E-state index contributed by atoms with van der Waals surface area (Å²) in [4.78, 5) is 2.40. The first-order valence-corrected chi connectivity index (χ1v) is 7.39. The van der Waals surface area contributed by atoms with Gasteiger partial charge in [-0.15, -0.1) is 0 Å². The van der Waals surface area contributed by atoms with Gasteiger partial charge in [0.2, 0.25) is 0 Å². The van der Waals surface area contributed by atoms with Crippen LogP contribution in [-0.2, 0) is 6.54 Å². The molecule has 20 heavy (non-hydrogen) atoms. The van der Waals surface area contributed by atoms with Crippen molar-refractivity contribution in [1.29, 1.82) is 0 Å². The van der Waals surface area contributed by atoms with Crippen LogP contribution in [0.25, 0.3) is 0 Å². The number of likely N-dealkylation sites (N-methyl/N-ethyl adjacent to an activating group) is 1. The van der Waals surface area contributed by atoms with E-state index in [0.717, 1.165) is 23.6 Å². The topological polar surface area (TPSA) is 47.7 Å². The van der Waals surface area contributed by atoms with Gasteiger partial charge in [-0.1, -0.05) is 12.5 Å². The van der Waals surface area contributed by atoms with Gasteiger partial charge in [0, 0.05) is 12.6 Å². The number of methoxy groups -OCH3 is 1. The molecule has 0 bridgehead atoms. The normalized spacial score (nSPS) is 21.5. The lowest BCUT2D eigenvalue weighted by atomic mass is 9.99. The Morgan fingerprint density at radius 1 is 1.35 bits per heavy atom. The standard InChI is InChI=1S/C16H26N2O2/c1-12(14-6-4-5-9-18(14)2)20-16-10-13(11-17)7-8-15(16)19-3/h7-8,10,12,14H,4-6,9,11,17H2,1-3H3. The number of ether oxygens (including phenoxy) is 2. The molecule has 0 aliphatic carbocycles. The Kier molecular flexibility index (Phi) is 5.26. The molecule has 0 spiro atoms. The lowest BCUT2D eigenvalue weighted by molar-refractivity contribution is 0.0667. The van der Waals surface area contributed by atoms with E-state index in [4.69, 9.17) is 15.2 Å². The van der Waals surface area contributed by atoms with Crippen molar-refractivity contribution in [2.24, 2.45) is 5.73 Å². The number of likely N-dealkylation sites (tertiary alicyclic amines) is 1. The fraction of sp³-hybridized carbons (Fsp3) is 0.625. The summed E-state index contributed by atoms with van der Waals surface area (Å²) < 4.78 is 11.5. The number of piperidine rings is 1. The number of nitrogens with two attached hydrogens (primary N) is 1. The first-order valence-electron chi connectivity index (χ1n) is 7.39. The van der Waals surface area contributed by atoms with Crippen molar-refractivity contribution in [3.8, 4) is 11.5 Å². The Morgan fingerprint density at radius 2 is 2.15 bits per heavy atom. The molecule has 0 saturated carbocycles. The third-order valence-corrected chi connectivity index (χ3v) is 4.15. The summed E-state index contributed by atoms with van der Waals surface area (Å²) in [7, 11) is 3.85. The van der Waals surface area contributed by atoms with E-state index >= 15 is 0 Å². The molecule has 1 aromatic carbocycles. The monoisotopic (exact) mass is 278 g/mol. The molecule has 1 aliphatic heterocycles. The van der Waals surface area contributed by atoms with Crippen LogP contribution in [0.1, 0.15) is 31.7 Å². The second kappa shape index (κ2) is 6.95. The van der Waals surface area contributed by atoms with Crippen LogP contribution in [0.4, 0.5) is 0 Å². The molecular weight excluding hydrogens is 252 g/mol. The van der Waals surface area contributed by atoms with E-state index in [1.807, 2.05) is 18.2 Å². The van der Waals surface area contributed by atoms with Crippen molar-refractivity contribution in [2.75, 3.05) is 20.7 Å². The minimum Gasteiger partial charge on any atom is -0.493 e. The van der Waals surface area contributed by atoms with Crippen molar-refractivity contribution in [1.82, 2.24) is 4.90 Å². The van der Waals surface area contributed by atoms with Crippen LogP contribution in [0.3, 0.4) is 0 Å². The minimum absolute atomic E-state index is 0.141. The van der Waals surface area contributed by atoms with Gasteiger partial charge in [0.15, 0.2) is 11.5 Å². The highest BCUT2D eigenvalue weighted by atomic mass is 16.5. The third kappa shape index (κ3) is 3.44. The molecule has 1 heterocycles. The van der Waals surface area contributed by atoms with Gasteiger partial charge >= 0.3 is 0 Å². The lowest BCUT2D eigenvalue weighted by Gasteiger charge is -2.36. The lowest BCUT2D eigenvalue weighted by Crippen LogP contribution is -2.45. The zero-order valence-corrected chi connectivity index (χ0v) is 12.8. The largest absolute Gasteiger partial charge is 0.493 e. The fourth-order valence-electron chi connectivity index (χ4n) is 2.91. The smallest absolute Gasteiger partial charge is 0.161 e. The molecule has 2 N–H and O–H groups in total. The third-order valence-electron chi connectivity index (χ3n) is 4.15. The van der Waals surface area contributed by atoms with Crippen LogP contribution in [0.5, 0.6) is 11.5 Å². The number of rotatable bonds is 5. The number of nitrogens with zero attached hydrogens (tertiary/aromatic N) is 1. The maximum absolute atomic E-state index is 6.17. The average Bonchev–Trinajstić information content (AvgIpc) is 2.47. The van der Waals surface area contributed by atoms with Crippen molar-refractivity contribution >= 4 is 0 Å². The molecule has 2 unspecified atom stereocenters. The van der Waals surface area contributed by atoms with Crippen molar-refractivity contribution < 1.29 is 9.47 Å². The Bertz CT molecular complexity index is 436. The van der Waals surface area contributed by atoms with Crippen LogP contribution >= 0.6 is 0 Å². The van der Waals surface area contributed by atoms with Gasteiger partial charge in [0.25, 0.3) is 0 Å². The van der Waals surface area contributed by atoms with Gasteiger partial charge in [0.1, 0.15) is 6.10 Å². The Morgan fingerprint density at radius 3 is 2.80 bits per heavy atom. The van der Waals surface area contributed by atoms with E-state index in [9.17, 15) is 0 Å². The van der Waals surface area contributed by atoms with Crippen LogP contribution in [0, 0.1) is 0 Å². The Hall–Kier alpha value is -1.26. The summed E-state index contributed by atoms with van der Waals surface area (Å²) in [5, 5.41) is 0. The second-order valence-corrected chi connectivity index (χ2v) is 5.56. The van der Waals surface area contributed by atoms with Crippen molar-refractivity contribution in [2.45, 2.75) is 44.9 Å².